The molecule has 0 radical (unpaired) electrons. The van der Waals surface area contributed by atoms with Crippen molar-refractivity contribution in [2.24, 2.45) is 0 Å². The second-order valence-electron chi connectivity index (χ2n) is 5.49. The Bertz CT molecular complexity index is 438. The van der Waals surface area contributed by atoms with Gasteiger partial charge in [-0.15, -0.1) is 0 Å². The number of nitrogens with one attached hydrogen (secondary N) is 1. The summed E-state index contributed by atoms with van der Waals surface area (Å²) in [5, 5.41) is 3.18. The first-order chi connectivity index (χ1) is 9.08. The third-order valence-corrected chi connectivity index (χ3v) is 4.66. The first-order valence-corrected chi connectivity index (χ1v) is 7.60. The lowest BCUT2D eigenvalue weighted by Gasteiger charge is -2.40. The van der Waals surface area contributed by atoms with E-state index >= 15 is 0 Å². The summed E-state index contributed by atoms with van der Waals surface area (Å²) in [6.45, 7) is 5.15. The van der Waals surface area contributed by atoms with Gasteiger partial charge in [0.1, 0.15) is 0 Å². The quantitative estimate of drug-likeness (QED) is 0.919. The molecular formula is C15H23BrN2O. The van der Waals surface area contributed by atoms with Crippen LogP contribution in [0.25, 0.3) is 0 Å². The summed E-state index contributed by atoms with van der Waals surface area (Å²) < 4.78 is 6.83. The second-order valence-corrected chi connectivity index (χ2v) is 6.34. The van der Waals surface area contributed by atoms with E-state index in [1.807, 2.05) is 14.2 Å². The molecule has 1 aromatic carbocycles. The molecule has 4 heteroatoms. The number of nitrogens with zero attached hydrogens (tertiary/aromatic N) is 1. The molecule has 1 unspecified atom stereocenters. The smallest absolute Gasteiger partial charge is 0.0825 e. The maximum absolute atomic E-state index is 5.66. The molecule has 1 aliphatic rings. The summed E-state index contributed by atoms with van der Waals surface area (Å²) in [7, 11) is 3.78. The maximum atomic E-state index is 5.66. The lowest BCUT2D eigenvalue weighted by Crippen LogP contribution is -2.47. The van der Waals surface area contributed by atoms with Crippen LogP contribution in [0.1, 0.15) is 25.3 Å². The fourth-order valence-electron chi connectivity index (χ4n) is 2.66. The molecule has 0 saturated carbocycles. The molecule has 2 rings (SSSR count). The van der Waals surface area contributed by atoms with Gasteiger partial charge in [0.25, 0.3) is 0 Å². The van der Waals surface area contributed by atoms with Crippen molar-refractivity contribution in [3.05, 3.63) is 28.2 Å². The first kappa shape index (κ1) is 14.8. The zero-order valence-corrected chi connectivity index (χ0v) is 13.6. The van der Waals surface area contributed by atoms with Crippen LogP contribution in [-0.2, 0) is 11.3 Å². The number of ether oxygens (including phenoxy) is 1. The van der Waals surface area contributed by atoms with Gasteiger partial charge in [-0.25, -0.2) is 0 Å². The molecule has 0 bridgehead atoms. The Labute approximate surface area is 124 Å². The number of hydrogen-bond acceptors (Lipinski definition) is 3. The summed E-state index contributed by atoms with van der Waals surface area (Å²) >= 11 is 3.66. The van der Waals surface area contributed by atoms with Crippen LogP contribution in [0.4, 0.5) is 5.69 Å². The highest BCUT2D eigenvalue weighted by molar-refractivity contribution is 9.10. The van der Waals surface area contributed by atoms with Gasteiger partial charge >= 0.3 is 0 Å². The first-order valence-electron chi connectivity index (χ1n) is 6.81. The zero-order valence-electron chi connectivity index (χ0n) is 12.0. The van der Waals surface area contributed by atoms with Crippen molar-refractivity contribution in [2.75, 3.05) is 32.1 Å². The van der Waals surface area contributed by atoms with Gasteiger partial charge in [-0.3, -0.25) is 0 Å². The second kappa shape index (κ2) is 6.25. The van der Waals surface area contributed by atoms with Crippen molar-refractivity contribution in [1.82, 2.24) is 5.32 Å². The van der Waals surface area contributed by atoms with Crippen molar-refractivity contribution < 1.29 is 4.74 Å². The lowest BCUT2D eigenvalue weighted by molar-refractivity contribution is -0.00465. The van der Waals surface area contributed by atoms with Gasteiger partial charge < -0.3 is 15.0 Å². The Morgan fingerprint density at radius 3 is 2.89 bits per heavy atom. The summed E-state index contributed by atoms with van der Waals surface area (Å²) in [5.74, 6) is 0. The van der Waals surface area contributed by atoms with E-state index in [4.69, 9.17) is 4.74 Å². The minimum absolute atomic E-state index is 0.0195. The fraction of sp³-hybridized carbons (Fsp3) is 0.600. The maximum Gasteiger partial charge on any atom is 0.0825 e. The Balaban J connectivity index is 2.15. The van der Waals surface area contributed by atoms with E-state index in [0.717, 1.165) is 26.1 Å². The monoisotopic (exact) mass is 326 g/mol. The van der Waals surface area contributed by atoms with Gasteiger partial charge in [-0.1, -0.05) is 22.0 Å². The predicted molar refractivity (Wildman–Crippen MR) is 83.8 cm³/mol. The van der Waals surface area contributed by atoms with Crippen molar-refractivity contribution >= 4 is 21.6 Å². The molecule has 0 aromatic heterocycles. The number of methoxy groups -OCH3 is 1. The Morgan fingerprint density at radius 2 is 2.26 bits per heavy atom. The van der Waals surface area contributed by atoms with Crippen LogP contribution in [0.15, 0.2) is 22.7 Å². The molecule has 0 amide bonds. The Hall–Kier alpha value is -0.580. The number of halogens is 1. The highest BCUT2D eigenvalue weighted by Gasteiger charge is 2.30. The molecule has 1 heterocycles. The van der Waals surface area contributed by atoms with Gasteiger partial charge in [0.05, 0.1) is 5.60 Å². The molecular weight excluding hydrogens is 304 g/mol. The van der Waals surface area contributed by atoms with Gasteiger partial charge in [0, 0.05) is 36.9 Å². The van der Waals surface area contributed by atoms with E-state index in [-0.39, 0.29) is 5.60 Å². The predicted octanol–water partition coefficient (Wildman–Crippen LogP) is 3.17. The van der Waals surface area contributed by atoms with Crippen LogP contribution in [0.3, 0.4) is 0 Å². The minimum atomic E-state index is -0.0195. The molecule has 1 fully saturated rings. The van der Waals surface area contributed by atoms with E-state index in [9.17, 15) is 0 Å². The SMILES string of the molecule is CNCc1ccc(N2CCCC(C)(OC)C2)cc1Br. The van der Waals surface area contributed by atoms with E-state index in [1.165, 1.54) is 22.1 Å². The van der Waals surface area contributed by atoms with Crippen molar-refractivity contribution in [3.63, 3.8) is 0 Å². The van der Waals surface area contributed by atoms with Gasteiger partial charge in [-0.05, 0) is 44.5 Å². The molecule has 1 saturated heterocycles. The third-order valence-electron chi connectivity index (χ3n) is 3.92. The molecule has 0 spiro atoms. The van der Waals surface area contributed by atoms with E-state index in [1.54, 1.807) is 0 Å². The molecule has 1 aliphatic heterocycles. The van der Waals surface area contributed by atoms with E-state index < -0.39 is 0 Å². The number of hydrogen-bond donors (Lipinski definition) is 1. The number of anilines is 1. The van der Waals surface area contributed by atoms with Crippen LogP contribution in [0.5, 0.6) is 0 Å². The van der Waals surface area contributed by atoms with Crippen molar-refractivity contribution in [1.29, 1.82) is 0 Å². The van der Waals surface area contributed by atoms with Crippen LogP contribution >= 0.6 is 15.9 Å². The topological polar surface area (TPSA) is 24.5 Å². The fourth-order valence-corrected chi connectivity index (χ4v) is 3.17. The highest BCUT2D eigenvalue weighted by atomic mass is 79.9. The largest absolute Gasteiger partial charge is 0.377 e. The van der Waals surface area contributed by atoms with Crippen LogP contribution < -0.4 is 10.2 Å². The zero-order chi connectivity index (χ0) is 13.9. The standard InChI is InChI=1S/C15H23BrN2O/c1-15(19-3)7-4-8-18(11-15)13-6-5-12(10-17-2)14(16)9-13/h5-6,9,17H,4,7-8,10-11H2,1-3H3. The Kier molecular flexibility index (Phi) is 4.87. The Morgan fingerprint density at radius 1 is 1.47 bits per heavy atom. The van der Waals surface area contributed by atoms with Crippen molar-refractivity contribution in [2.45, 2.75) is 31.9 Å². The molecule has 0 aliphatic carbocycles. The summed E-state index contributed by atoms with van der Waals surface area (Å²) in [5.41, 5.74) is 2.54. The normalized spacial score (nSPS) is 23.7. The highest BCUT2D eigenvalue weighted by Crippen LogP contribution is 2.30. The average molecular weight is 327 g/mol. The number of benzene rings is 1. The number of rotatable bonds is 4. The molecule has 1 N–H and O–H groups in total. The summed E-state index contributed by atoms with van der Waals surface area (Å²) in [4.78, 5) is 2.42. The molecule has 3 nitrogen and oxygen atoms in total. The van der Waals surface area contributed by atoms with Gasteiger partial charge in [0.15, 0.2) is 0 Å². The van der Waals surface area contributed by atoms with Crippen LogP contribution in [0, 0.1) is 0 Å². The summed E-state index contributed by atoms with van der Waals surface area (Å²) in [6, 6.07) is 6.61. The van der Waals surface area contributed by atoms with E-state index in [0.29, 0.717) is 0 Å². The molecule has 1 aromatic rings. The van der Waals surface area contributed by atoms with E-state index in [2.05, 4.69) is 51.3 Å². The molecule has 106 valence electrons. The number of piperidine rings is 1. The average Bonchev–Trinajstić information content (AvgIpc) is 2.41. The lowest BCUT2D eigenvalue weighted by atomic mass is 9.94. The van der Waals surface area contributed by atoms with Gasteiger partial charge in [-0.2, -0.15) is 0 Å². The molecule has 1 atom stereocenters. The van der Waals surface area contributed by atoms with Gasteiger partial charge in [0.2, 0.25) is 0 Å². The summed E-state index contributed by atoms with van der Waals surface area (Å²) in [6.07, 6.45) is 2.32. The van der Waals surface area contributed by atoms with Crippen molar-refractivity contribution in [3.8, 4) is 0 Å². The molecule has 19 heavy (non-hydrogen) atoms. The van der Waals surface area contributed by atoms with Crippen LogP contribution in [-0.4, -0.2) is 32.8 Å². The van der Waals surface area contributed by atoms with Crippen LogP contribution in [0.2, 0.25) is 0 Å². The minimum Gasteiger partial charge on any atom is -0.377 e. The third kappa shape index (κ3) is 3.50.